The molecule has 4 heteroatoms. The quantitative estimate of drug-likeness (QED) is 0.657. The van der Waals surface area contributed by atoms with E-state index in [1.807, 2.05) is 13.0 Å². The van der Waals surface area contributed by atoms with Gasteiger partial charge in [0.15, 0.2) is 0 Å². The largest absolute Gasteiger partial charge is 0.303 e. The maximum absolute atomic E-state index is 11.1. The van der Waals surface area contributed by atoms with Crippen molar-refractivity contribution in [1.29, 1.82) is 0 Å². The average molecular weight is 284 g/mol. The molecule has 0 fully saturated rings. The van der Waals surface area contributed by atoms with E-state index >= 15 is 0 Å². The van der Waals surface area contributed by atoms with Crippen molar-refractivity contribution in [2.45, 2.75) is 32.9 Å². The van der Waals surface area contributed by atoms with Gasteiger partial charge in [-0.3, -0.25) is 10.1 Å². The third-order valence-electron chi connectivity index (χ3n) is 3.68. The van der Waals surface area contributed by atoms with E-state index in [1.165, 1.54) is 11.1 Å². The minimum atomic E-state index is -0.329. The van der Waals surface area contributed by atoms with Crippen molar-refractivity contribution in [3.8, 4) is 0 Å². The third kappa shape index (κ3) is 3.67. The van der Waals surface area contributed by atoms with Gasteiger partial charge in [0.25, 0.3) is 5.69 Å². The van der Waals surface area contributed by atoms with Crippen LogP contribution in [0.4, 0.5) is 5.69 Å². The summed E-state index contributed by atoms with van der Waals surface area (Å²) in [4.78, 5) is 10.8. The van der Waals surface area contributed by atoms with Crippen molar-refractivity contribution >= 4 is 5.69 Å². The van der Waals surface area contributed by atoms with Crippen LogP contribution < -0.4 is 5.32 Å². The lowest BCUT2D eigenvalue weighted by molar-refractivity contribution is -0.385. The molecule has 2 unspecified atom stereocenters. The number of nitrogens with one attached hydrogen (secondary N) is 1. The molecule has 4 nitrogen and oxygen atoms in total. The Morgan fingerprint density at radius 2 is 1.62 bits per heavy atom. The highest BCUT2D eigenvalue weighted by molar-refractivity contribution is 5.42. The van der Waals surface area contributed by atoms with Gasteiger partial charge in [-0.15, -0.1) is 0 Å². The van der Waals surface area contributed by atoms with E-state index in [-0.39, 0.29) is 22.7 Å². The summed E-state index contributed by atoms with van der Waals surface area (Å²) in [6.45, 7) is 6.07. The molecule has 2 atom stereocenters. The minimum Gasteiger partial charge on any atom is -0.303 e. The van der Waals surface area contributed by atoms with Crippen LogP contribution in [-0.2, 0) is 0 Å². The van der Waals surface area contributed by atoms with Crippen LogP contribution in [0.25, 0.3) is 0 Å². The molecule has 0 aromatic heterocycles. The fraction of sp³-hybridized carbons (Fsp3) is 0.294. The van der Waals surface area contributed by atoms with Gasteiger partial charge >= 0.3 is 0 Å². The zero-order valence-corrected chi connectivity index (χ0v) is 12.5. The van der Waals surface area contributed by atoms with Crippen LogP contribution in [0, 0.1) is 17.0 Å². The van der Waals surface area contributed by atoms with Gasteiger partial charge in [-0.05, 0) is 26.3 Å². The van der Waals surface area contributed by atoms with Crippen LogP contribution in [0.2, 0.25) is 0 Å². The van der Waals surface area contributed by atoms with Crippen molar-refractivity contribution < 1.29 is 4.92 Å². The first kappa shape index (κ1) is 15.2. The Kier molecular flexibility index (Phi) is 4.70. The topological polar surface area (TPSA) is 55.2 Å². The molecule has 0 aliphatic rings. The van der Waals surface area contributed by atoms with E-state index in [1.54, 1.807) is 18.2 Å². The van der Waals surface area contributed by atoms with Crippen LogP contribution in [0.1, 0.15) is 42.6 Å². The summed E-state index contributed by atoms with van der Waals surface area (Å²) in [5.74, 6) is 0. The van der Waals surface area contributed by atoms with Crippen molar-refractivity contribution in [3.63, 3.8) is 0 Å². The zero-order valence-electron chi connectivity index (χ0n) is 12.5. The lowest BCUT2D eigenvalue weighted by atomic mass is 10.0. The SMILES string of the molecule is Cc1ccc(C(C)NC(C)c2ccccc2[N+](=O)[O-])cc1. The predicted octanol–water partition coefficient (Wildman–Crippen LogP) is 4.32. The highest BCUT2D eigenvalue weighted by atomic mass is 16.6. The first-order valence-corrected chi connectivity index (χ1v) is 7.05. The summed E-state index contributed by atoms with van der Waals surface area (Å²) in [6.07, 6.45) is 0. The number of nitro benzene ring substituents is 1. The van der Waals surface area contributed by atoms with E-state index < -0.39 is 0 Å². The second-order valence-electron chi connectivity index (χ2n) is 5.34. The predicted molar refractivity (Wildman–Crippen MR) is 84.2 cm³/mol. The Morgan fingerprint density at radius 3 is 2.24 bits per heavy atom. The highest BCUT2D eigenvalue weighted by Gasteiger charge is 2.19. The molecule has 0 amide bonds. The van der Waals surface area contributed by atoms with Gasteiger partial charge in [-0.2, -0.15) is 0 Å². The van der Waals surface area contributed by atoms with Crippen LogP contribution in [-0.4, -0.2) is 4.92 Å². The number of aryl methyl sites for hydroxylation is 1. The maximum Gasteiger partial charge on any atom is 0.274 e. The maximum atomic E-state index is 11.1. The van der Waals surface area contributed by atoms with Gasteiger partial charge in [-0.25, -0.2) is 0 Å². The molecular formula is C17H20N2O2. The first-order valence-electron chi connectivity index (χ1n) is 7.05. The summed E-state index contributed by atoms with van der Waals surface area (Å²) in [5, 5.41) is 14.5. The van der Waals surface area contributed by atoms with Gasteiger partial charge in [0.1, 0.15) is 0 Å². The van der Waals surface area contributed by atoms with Gasteiger partial charge in [0.05, 0.1) is 4.92 Å². The molecule has 2 aromatic carbocycles. The molecule has 1 N–H and O–H groups in total. The zero-order chi connectivity index (χ0) is 15.4. The van der Waals surface area contributed by atoms with E-state index in [4.69, 9.17) is 0 Å². The Labute approximate surface area is 125 Å². The monoisotopic (exact) mass is 284 g/mol. The summed E-state index contributed by atoms with van der Waals surface area (Å²) in [7, 11) is 0. The molecule has 0 saturated carbocycles. The molecule has 0 saturated heterocycles. The molecule has 0 aliphatic heterocycles. The second-order valence-corrected chi connectivity index (χ2v) is 5.34. The summed E-state index contributed by atoms with van der Waals surface area (Å²) in [5.41, 5.74) is 3.26. The number of hydrogen-bond acceptors (Lipinski definition) is 3. The number of benzene rings is 2. The third-order valence-corrected chi connectivity index (χ3v) is 3.68. The molecule has 0 aliphatic carbocycles. The van der Waals surface area contributed by atoms with Crippen molar-refractivity contribution in [3.05, 3.63) is 75.3 Å². The van der Waals surface area contributed by atoms with Crippen molar-refractivity contribution in [2.75, 3.05) is 0 Å². The fourth-order valence-corrected chi connectivity index (χ4v) is 2.44. The average Bonchev–Trinajstić information content (AvgIpc) is 2.47. The molecule has 110 valence electrons. The van der Waals surface area contributed by atoms with Crippen LogP contribution >= 0.6 is 0 Å². The van der Waals surface area contributed by atoms with Gasteiger partial charge in [0, 0.05) is 23.7 Å². The van der Waals surface area contributed by atoms with E-state index in [0.29, 0.717) is 5.56 Å². The normalized spacial score (nSPS) is 13.7. The Bertz CT molecular complexity index is 623. The lowest BCUT2D eigenvalue weighted by Crippen LogP contribution is -2.23. The van der Waals surface area contributed by atoms with Crippen LogP contribution in [0.5, 0.6) is 0 Å². The van der Waals surface area contributed by atoms with Crippen molar-refractivity contribution in [1.82, 2.24) is 5.32 Å². The summed E-state index contributed by atoms with van der Waals surface area (Å²) < 4.78 is 0. The molecule has 0 radical (unpaired) electrons. The molecule has 2 aromatic rings. The Hall–Kier alpha value is -2.20. The molecule has 0 spiro atoms. The van der Waals surface area contributed by atoms with Gasteiger partial charge < -0.3 is 5.32 Å². The van der Waals surface area contributed by atoms with Crippen molar-refractivity contribution in [2.24, 2.45) is 0 Å². The van der Waals surface area contributed by atoms with E-state index in [9.17, 15) is 10.1 Å². The molecular weight excluding hydrogens is 264 g/mol. The number of nitrogens with zero attached hydrogens (tertiary/aromatic N) is 1. The summed E-state index contributed by atoms with van der Waals surface area (Å²) >= 11 is 0. The highest BCUT2D eigenvalue weighted by Crippen LogP contribution is 2.26. The molecule has 0 bridgehead atoms. The minimum absolute atomic E-state index is 0.0945. The van der Waals surface area contributed by atoms with Crippen LogP contribution in [0.3, 0.4) is 0 Å². The lowest BCUT2D eigenvalue weighted by Gasteiger charge is -2.20. The summed E-state index contributed by atoms with van der Waals surface area (Å²) in [6, 6.07) is 15.2. The van der Waals surface area contributed by atoms with E-state index in [2.05, 4.69) is 43.4 Å². The molecule has 0 heterocycles. The van der Waals surface area contributed by atoms with Gasteiger partial charge in [0.2, 0.25) is 0 Å². The number of hydrogen-bond donors (Lipinski definition) is 1. The molecule has 2 rings (SSSR count). The first-order chi connectivity index (χ1) is 9.99. The second kappa shape index (κ2) is 6.50. The van der Waals surface area contributed by atoms with E-state index in [0.717, 1.165) is 0 Å². The molecule has 21 heavy (non-hydrogen) atoms. The number of para-hydroxylation sites is 1. The number of nitro groups is 1. The fourth-order valence-electron chi connectivity index (χ4n) is 2.44. The van der Waals surface area contributed by atoms with Gasteiger partial charge in [-0.1, -0.05) is 48.0 Å². The smallest absolute Gasteiger partial charge is 0.274 e. The Balaban J connectivity index is 2.16. The van der Waals surface area contributed by atoms with Crippen LogP contribution in [0.15, 0.2) is 48.5 Å². The number of rotatable bonds is 5. The standard InChI is InChI=1S/C17H20N2O2/c1-12-8-10-15(11-9-12)13(2)18-14(3)16-6-4-5-7-17(16)19(20)21/h4-11,13-14,18H,1-3H3. The Morgan fingerprint density at radius 1 is 1.00 bits per heavy atom.